The van der Waals surface area contributed by atoms with Crippen molar-refractivity contribution in [3.63, 3.8) is 0 Å². The minimum atomic E-state index is -0.0729. The van der Waals surface area contributed by atoms with Gasteiger partial charge in [-0.05, 0) is 39.0 Å². The van der Waals surface area contributed by atoms with Gasteiger partial charge in [0, 0.05) is 28.7 Å². The predicted octanol–water partition coefficient (Wildman–Crippen LogP) is 1.95. The molecule has 0 fully saturated rings. The Morgan fingerprint density at radius 2 is 2.12 bits per heavy atom. The summed E-state index contributed by atoms with van der Waals surface area (Å²) in [5.74, 6) is -0.0729. The van der Waals surface area contributed by atoms with Crippen LogP contribution in [0.3, 0.4) is 0 Å². The van der Waals surface area contributed by atoms with Crippen LogP contribution >= 0.6 is 0 Å². The van der Waals surface area contributed by atoms with E-state index in [1.54, 1.807) is 6.07 Å². The molecule has 1 amide bonds. The number of carbonyl (C=O) groups is 1. The van der Waals surface area contributed by atoms with Crippen LogP contribution in [-0.2, 0) is 4.79 Å². The molecule has 0 atom stereocenters. The lowest BCUT2D eigenvalue weighted by atomic mass is 10.0. The molecule has 2 rings (SSSR count). The van der Waals surface area contributed by atoms with Crippen molar-refractivity contribution in [2.45, 2.75) is 26.8 Å². The Labute approximate surface area is 101 Å². The van der Waals surface area contributed by atoms with Crippen molar-refractivity contribution < 1.29 is 4.79 Å². The summed E-state index contributed by atoms with van der Waals surface area (Å²) in [6.45, 7) is 5.99. The second-order valence-corrected chi connectivity index (χ2v) is 4.56. The Morgan fingerprint density at radius 3 is 2.76 bits per heavy atom. The van der Waals surface area contributed by atoms with Crippen LogP contribution in [0.1, 0.15) is 26.3 Å². The molecule has 0 radical (unpaired) electrons. The molecule has 1 heterocycles. The first-order valence-electron chi connectivity index (χ1n) is 5.67. The van der Waals surface area contributed by atoms with Gasteiger partial charge in [0.2, 0.25) is 0 Å². The number of fused-ring (bicyclic) bond motifs is 1. The number of carbonyl (C=O) groups excluding carboxylic acids is 1. The molecule has 4 nitrogen and oxygen atoms in total. The number of nitrogens with two attached hydrogens (primary N) is 1. The molecule has 0 saturated heterocycles. The molecule has 1 aliphatic rings. The monoisotopic (exact) mass is 231 g/mol. The summed E-state index contributed by atoms with van der Waals surface area (Å²) in [7, 11) is 0. The average molecular weight is 231 g/mol. The smallest absolute Gasteiger partial charge is 0.258 e. The highest BCUT2D eigenvalue weighted by atomic mass is 16.2. The van der Waals surface area contributed by atoms with Gasteiger partial charge in [-0.3, -0.25) is 4.79 Å². The van der Waals surface area contributed by atoms with Gasteiger partial charge in [-0.25, -0.2) is 0 Å². The van der Waals surface area contributed by atoms with Crippen LogP contribution in [0.2, 0.25) is 0 Å². The lowest BCUT2D eigenvalue weighted by molar-refractivity contribution is -0.110. The lowest BCUT2D eigenvalue weighted by Gasteiger charge is -2.12. The maximum Gasteiger partial charge on any atom is 0.258 e. The molecule has 1 aromatic carbocycles. The molecule has 1 aliphatic heterocycles. The second kappa shape index (κ2) is 4.13. The summed E-state index contributed by atoms with van der Waals surface area (Å²) in [6.07, 6.45) is 0. The quantitative estimate of drug-likeness (QED) is 0.538. The van der Waals surface area contributed by atoms with E-state index in [1.165, 1.54) is 0 Å². The van der Waals surface area contributed by atoms with Crippen molar-refractivity contribution in [3.05, 3.63) is 29.5 Å². The fourth-order valence-corrected chi connectivity index (χ4v) is 2.06. The van der Waals surface area contributed by atoms with Crippen LogP contribution in [0.5, 0.6) is 0 Å². The van der Waals surface area contributed by atoms with Gasteiger partial charge in [-0.1, -0.05) is 0 Å². The summed E-state index contributed by atoms with van der Waals surface area (Å²) in [5, 5.41) is 6.09. The van der Waals surface area contributed by atoms with Crippen LogP contribution in [0.25, 0.3) is 5.57 Å². The van der Waals surface area contributed by atoms with Crippen molar-refractivity contribution in [3.8, 4) is 0 Å². The average Bonchev–Trinajstić information content (AvgIpc) is 2.52. The second-order valence-electron chi connectivity index (χ2n) is 4.56. The number of hydrogen-bond donors (Lipinski definition) is 3. The van der Waals surface area contributed by atoms with Crippen LogP contribution in [0.4, 0.5) is 11.4 Å². The maximum absolute atomic E-state index is 11.9. The van der Waals surface area contributed by atoms with E-state index in [1.807, 2.05) is 32.9 Å². The van der Waals surface area contributed by atoms with Crippen molar-refractivity contribution in [2.24, 2.45) is 0 Å². The molecule has 0 unspecified atom stereocenters. The maximum atomic E-state index is 11.9. The third-order valence-corrected chi connectivity index (χ3v) is 2.67. The normalized spacial score (nSPS) is 16.8. The van der Waals surface area contributed by atoms with Crippen LogP contribution < -0.4 is 16.4 Å². The Morgan fingerprint density at radius 1 is 1.41 bits per heavy atom. The molecule has 0 aliphatic carbocycles. The summed E-state index contributed by atoms with van der Waals surface area (Å²) in [4.78, 5) is 11.9. The first-order chi connectivity index (χ1) is 7.99. The zero-order valence-electron chi connectivity index (χ0n) is 10.3. The summed E-state index contributed by atoms with van der Waals surface area (Å²) in [5.41, 5.74) is 9.68. The summed E-state index contributed by atoms with van der Waals surface area (Å²) < 4.78 is 0. The Balaban J connectivity index is 2.50. The number of hydrogen-bond acceptors (Lipinski definition) is 3. The van der Waals surface area contributed by atoms with Crippen LogP contribution in [0, 0.1) is 0 Å². The molecular weight excluding hydrogens is 214 g/mol. The van der Waals surface area contributed by atoms with Gasteiger partial charge < -0.3 is 16.4 Å². The topological polar surface area (TPSA) is 67.2 Å². The number of allylic oxidation sites excluding steroid dienone is 1. The number of anilines is 2. The number of nitrogen functional groups attached to an aromatic ring is 1. The van der Waals surface area contributed by atoms with Crippen molar-refractivity contribution in [1.82, 2.24) is 5.32 Å². The van der Waals surface area contributed by atoms with Crippen molar-refractivity contribution in [1.29, 1.82) is 0 Å². The molecule has 0 aromatic heterocycles. The predicted molar refractivity (Wildman–Crippen MR) is 70.3 cm³/mol. The highest BCUT2D eigenvalue weighted by Crippen LogP contribution is 2.34. The van der Waals surface area contributed by atoms with Gasteiger partial charge in [0.1, 0.15) is 0 Å². The van der Waals surface area contributed by atoms with Gasteiger partial charge in [-0.15, -0.1) is 0 Å². The van der Waals surface area contributed by atoms with E-state index in [2.05, 4.69) is 10.6 Å². The molecular formula is C13H17N3O. The molecule has 1 aromatic rings. The van der Waals surface area contributed by atoms with Gasteiger partial charge in [0.05, 0.1) is 5.57 Å². The zero-order valence-corrected chi connectivity index (χ0v) is 10.3. The third kappa shape index (κ3) is 2.11. The van der Waals surface area contributed by atoms with E-state index in [0.717, 1.165) is 16.9 Å². The van der Waals surface area contributed by atoms with Gasteiger partial charge in [0.25, 0.3) is 5.91 Å². The molecule has 4 N–H and O–H groups in total. The highest BCUT2D eigenvalue weighted by Gasteiger charge is 2.26. The van der Waals surface area contributed by atoms with Crippen molar-refractivity contribution in [2.75, 3.05) is 11.1 Å². The Hall–Kier alpha value is -1.97. The van der Waals surface area contributed by atoms with E-state index in [4.69, 9.17) is 5.73 Å². The van der Waals surface area contributed by atoms with Crippen LogP contribution in [-0.4, -0.2) is 11.9 Å². The number of benzene rings is 1. The fourth-order valence-electron chi connectivity index (χ4n) is 2.06. The van der Waals surface area contributed by atoms with Gasteiger partial charge >= 0.3 is 0 Å². The zero-order chi connectivity index (χ0) is 12.6. The highest BCUT2D eigenvalue weighted by molar-refractivity contribution is 6.32. The Kier molecular flexibility index (Phi) is 2.79. The van der Waals surface area contributed by atoms with Gasteiger partial charge in [-0.2, -0.15) is 0 Å². The van der Waals surface area contributed by atoms with Gasteiger partial charge in [0.15, 0.2) is 0 Å². The van der Waals surface area contributed by atoms with E-state index < -0.39 is 0 Å². The summed E-state index contributed by atoms with van der Waals surface area (Å²) in [6, 6.07) is 5.74. The SMILES string of the molecule is CC(NC(C)C)=C1C(=O)Nc2ccc(N)cc21. The molecule has 17 heavy (non-hydrogen) atoms. The lowest BCUT2D eigenvalue weighted by Crippen LogP contribution is -2.22. The fraction of sp³-hybridized carbons (Fsp3) is 0.308. The van der Waals surface area contributed by atoms with E-state index >= 15 is 0 Å². The van der Waals surface area contributed by atoms with E-state index in [9.17, 15) is 4.79 Å². The minimum absolute atomic E-state index is 0.0729. The molecule has 0 saturated carbocycles. The molecule has 4 heteroatoms. The molecule has 0 bridgehead atoms. The first-order valence-corrected chi connectivity index (χ1v) is 5.67. The van der Waals surface area contributed by atoms with E-state index in [-0.39, 0.29) is 5.91 Å². The minimum Gasteiger partial charge on any atom is -0.399 e. The summed E-state index contributed by atoms with van der Waals surface area (Å²) >= 11 is 0. The molecule has 90 valence electrons. The third-order valence-electron chi connectivity index (χ3n) is 2.67. The van der Waals surface area contributed by atoms with Crippen LogP contribution in [0.15, 0.2) is 23.9 Å². The Bertz CT molecular complexity index is 503. The van der Waals surface area contributed by atoms with E-state index in [0.29, 0.717) is 17.3 Å². The largest absolute Gasteiger partial charge is 0.399 e. The van der Waals surface area contributed by atoms with Crippen molar-refractivity contribution >= 4 is 22.9 Å². The molecule has 0 spiro atoms. The number of nitrogens with one attached hydrogen (secondary N) is 2. The number of amides is 1. The first kappa shape index (κ1) is 11.5. The number of rotatable bonds is 2. The standard InChI is InChI=1S/C13H17N3O/c1-7(2)15-8(3)12-10-6-9(14)4-5-11(10)16-13(12)17/h4-7,15H,14H2,1-3H3,(H,16,17).